The Morgan fingerprint density at radius 1 is 1.38 bits per heavy atom. The number of hydrogen-bond acceptors (Lipinski definition) is 5. The van der Waals surface area contributed by atoms with Crippen molar-refractivity contribution < 1.29 is 9.66 Å². The lowest BCUT2D eigenvalue weighted by Crippen LogP contribution is -2.16. The van der Waals surface area contributed by atoms with E-state index in [1.807, 2.05) is 17.5 Å². The minimum absolute atomic E-state index is 0.103. The van der Waals surface area contributed by atoms with Crippen molar-refractivity contribution in [2.75, 3.05) is 0 Å². The molecule has 1 aromatic carbocycles. The number of nitrogens with one attached hydrogen (secondary N) is 1. The molecule has 6 heteroatoms. The predicted molar refractivity (Wildman–Crippen MR) is 81.6 cm³/mol. The molecule has 0 amide bonds. The first kappa shape index (κ1) is 14.0. The minimum atomic E-state index is -0.371. The second-order valence-corrected chi connectivity index (χ2v) is 6.10. The van der Waals surface area contributed by atoms with Crippen molar-refractivity contribution in [3.63, 3.8) is 0 Å². The van der Waals surface area contributed by atoms with Gasteiger partial charge in [-0.25, -0.2) is 0 Å². The van der Waals surface area contributed by atoms with Crippen LogP contribution in [0.15, 0.2) is 35.7 Å². The van der Waals surface area contributed by atoms with Gasteiger partial charge < -0.3 is 10.1 Å². The molecule has 1 aromatic heterocycles. The van der Waals surface area contributed by atoms with Gasteiger partial charge in [-0.2, -0.15) is 0 Å². The monoisotopic (exact) mass is 304 g/mol. The van der Waals surface area contributed by atoms with Crippen LogP contribution in [0.2, 0.25) is 0 Å². The van der Waals surface area contributed by atoms with Gasteiger partial charge in [0.2, 0.25) is 0 Å². The largest absolute Gasteiger partial charge is 0.488 e. The van der Waals surface area contributed by atoms with Crippen LogP contribution in [0.4, 0.5) is 5.69 Å². The molecule has 1 aliphatic carbocycles. The Balaban J connectivity index is 1.73. The van der Waals surface area contributed by atoms with E-state index in [1.54, 1.807) is 23.5 Å². The minimum Gasteiger partial charge on any atom is -0.488 e. The molecule has 3 rings (SSSR count). The molecule has 5 nitrogen and oxygen atoms in total. The van der Waals surface area contributed by atoms with Crippen molar-refractivity contribution >= 4 is 17.0 Å². The van der Waals surface area contributed by atoms with Crippen LogP contribution in [-0.2, 0) is 13.2 Å². The zero-order valence-corrected chi connectivity index (χ0v) is 12.3. The lowest BCUT2D eigenvalue weighted by Gasteiger charge is -2.11. The van der Waals surface area contributed by atoms with Gasteiger partial charge in [0.1, 0.15) is 12.4 Å². The SMILES string of the molecule is O=[N+]([O-])c1ccc(OCc2cccs2)c(CNC2CC2)c1. The van der Waals surface area contributed by atoms with Gasteiger partial charge in [-0.15, -0.1) is 11.3 Å². The highest BCUT2D eigenvalue weighted by molar-refractivity contribution is 7.09. The van der Waals surface area contributed by atoms with Crippen molar-refractivity contribution in [2.45, 2.75) is 32.0 Å². The molecule has 1 aliphatic rings. The standard InChI is InChI=1S/C15H16N2O3S/c18-17(19)13-5-6-15(20-10-14-2-1-7-21-14)11(8-13)9-16-12-3-4-12/h1-2,5-8,12,16H,3-4,9-10H2. The summed E-state index contributed by atoms with van der Waals surface area (Å²) >= 11 is 1.64. The Morgan fingerprint density at radius 3 is 2.90 bits per heavy atom. The van der Waals surface area contributed by atoms with Gasteiger partial charge in [0.05, 0.1) is 4.92 Å². The quantitative estimate of drug-likeness (QED) is 0.628. The van der Waals surface area contributed by atoms with Crippen LogP contribution in [-0.4, -0.2) is 11.0 Å². The van der Waals surface area contributed by atoms with Crippen LogP contribution in [0.25, 0.3) is 0 Å². The Kier molecular flexibility index (Phi) is 4.17. The smallest absolute Gasteiger partial charge is 0.270 e. The summed E-state index contributed by atoms with van der Waals surface area (Å²) in [6.45, 7) is 1.10. The van der Waals surface area contributed by atoms with Crippen LogP contribution in [0.3, 0.4) is 0 Å². The molecule has 21 heavy (non-hydrogen) atoms. The normalized spacial score (nSPS) is 14.1. The zero-order chi connectivity index (χ0) is 14.7. The predicted octanol–water partition coefficient (Wildman–Crippen LogP) is 3.49. The molecule has 0 bridgehead atoms. The van der Waals surface area contributed by atoms with Gasteiger partial charge in [0.25, 0.3) is 5.69 Å². The van der Waals surface area contributed by atoms with E-state index in [0.29, 0.717) is 24.9 Å². The maximum absolute atomic E-state index is 10.9. The molecule has 1 N–H and O–H groups in total. The lowest BCUT2D eigenvalue weighted by molar-refractivity contribution is -0.384. The van der Waals surface area contributed by atoms with Crippen molar-refractivity contribution in [3.05, 3.63) is 56.3 Å². The molecular formula is C15H16N2O3S. The van der Waals surface area contributed by atoms with Crippen LogP contribution in [0.1, 0.15) is 23.3 Å². The van der Waals surface area contributed by atoms with Gasteiger partial charge in [-0.1, -0.05) is 6.07 Å². The number of nitro groups is 1. The topological polar surface area (TPSA) is 64.4 Å². The Labute approximate surface area is 126 Å². The fraction of sp³-hybridized carbons (Fsp3) is 0.333. The molecule has 1 fully saturated rings. The summed E-state index contributed by atoms with van der Waals surface area (Å²) in [5.74, 6) is 0.710. The number of ether oxygens (including phenoxy) is 1. The zero-order valence-electron chi connectivity index (χ0n) is 11.5. The average Bonchev–Trinajstić information content (AvgIpc) is 3.17. The summed E-state index contributed by atoms with van der Waals surface area (Å²) in [7, 11) is 0. The van der Waals surface area contributed by atoms with E-state index in [4.69, 9.17) is 4.74 Å². The third kappa shape index (κ3) is 3.80. The van der Waals surface area contributed by atoms with E-state index in [1.165, 1.54) is 18.9 Å². The first-order chi connectivity index (χ1) is 10.2. The number of non-ortho nitro benzene ring substituents is 1. The van der Waals surface area contributed by atoms with Crippen LogP contribution >= 0.6 is 11.3 Å². The second kappa shape index (κ2) is 6.24. The summed E-state index contributed by atoms with van der Waals surface area (Å²) < 4.78 is 5.82. The first-order valence-electron chi connectivity index (χ1n) is 6.88. The van der Waals surface area contributed by atoms with Gasteiger partial charge in [0.15, 0.2) is 0 Å². The Hall–Kier alpha value is -1.92. The Morgan fingerprint density at radius 2 is 2.24 bits per heavy atom. The number of nitrogens with zero attached hydrogens (tertiary/aromatic N) is 1. The van der Waals surface area contributed by atoms with Crippen molar-refractivity contribution in [3.8, 4) is 5.75 Å². The lowest BCUT2D eigenvalue weighted by atomic mass is 10.1. The van der Waals surface area contributed by atoms with Gasteiger partial charge in [0, 0.05) is 35.2 Å². The van der Waals surface area contributed by atoms with Crippen LogP contribution in [0.5, 0.6) is 5.75 Å². The number of nitro benzene ring substituents is 1. The maximum Gasteiger partial charge on any atom is 0.270 e. The van der Waals surface area contributed by atoms with Crippen molar-refractivity contribution in [1.82, 2.24) is 5.32 Å². The fourth-order valence-corrected chi connectivity index (χ4v) is 2.66. The molecule has 1 heterocycles. The number of benzene rings is 1. The third-order valence-corrected chi connectivity index (χ3v) is 4.21. The molecule has 0 aliphatic heterocycles. The van der Waals surface area contributed by atoms with E-state index in [9.17, 15) is 10.1 Å². The molecule has 0 radical (unpaired) electrons. The van der Waals surface area contributed by atoms with Gasteiger partial charge in [-0.05, 0) is 30.4 Å². The first-order valence-corrected chi connectivity index (χ1v) is 7.76. The molecular weight excluding hydrogens is 288 g/mol. The van der Waals surface area contributed by atoms with Crippen LogP contribution in [0, 0.1) is 10.1 Å². The highest BCUT2D eigenvalue weighted by Crippen LogP contribution is 2.27. The highest BCUT2D eigenvalue weighted by atomic mass is 32.1. The van der Waals surface area contributed by atoms with E-state index >= 15 is 0 Å². The van der Waals surface area contributed by atoms with Crippen molar-refractivity contribution in [1.29, 1.82) is 0 Å². The number of hydrogen-bond donors (Lipinski definition) is 1. The summed E-state index contributed by atoms with van der Waals surface area (Å²) in [5, 5.41) is 16.3. The van der Waals surface area contributed by atoms with E-state index in [2.05, 4.69) is 5.32 Å². The Bertz CT molecular complexity index is 624. The molecule has 110 valence electrons. The number of thiophene rings is 1. The summed E-state index contributed by atoms with van der Waals surface area (Å²) in [6.07, 6.45) is 2.36. The third-order valence-electron chi connectivity index (χ3n) is 3.36. The second-order valence-electron chi connectivity index (χ2n) is 5.07. The van der Waals surface area contributed by atoms with Crippen LogP contribution < -0.4 is 10.1 Å². The summed E-state index contributed by atoms with van der Waals surface area (Å²) in [6, 6.07) is 9.32. The fourth-order valence-electron chi connectivity index (χ4n) is 2.04. The van der Waals surface area contributed by atoms with E-state index in [-0.39, 0.29) is 10.6 Å². The maximum atomic E-state index is 10.9. The molecule has 2 aromatic rings. The molecule has 0 spiro atoms. The molecule has 0 unspecified atom stereocenters. The van der Waals surface area contributed by atoms with Gasteiger partial charge >= 0.3 is 0 Å². The number of rotatable bonds is 7. The summed E-state index contributed by atoms with van der Waals surface area (Å²) in [4.78, 5) is 11.7. The molecule has 0 saturated heterocycles. The average molecular weight is 304 g/mol. The highest BCUT2D eigenvalue weighted by Gasteiger charge is 2.21. The van der Waals surface area contributed by atoms with Gasteiger partial charge in [-0.3, -0.25) is 10.1 Å². The van der Waals surface area contributed by atoms with E-state index < -0.39 is 0 Å². The molecule has 1 saturated carbocycles. The molecule has 0 atom stereocenters. The van der Waals surface area contributed by atoms with E-state index in [0.717, 1.165) is 10.4 Å². The summed E-state index contributed by atoms with van der Waals surface area (Å²) in [5.41, 5.74) is 0.943. The van der Waals surface area contributed by atoms with Crippen molar-refractivity contribution in [2.24, 2.45) is 0 Å².